The first kappa shape index (κ1) is 12.2. The molecule has 0 aromatic carbocycles. The van der Waals surface area contributed by atoms with Crippen molar-refractivity contribution in [2.75, 3.05) is 10.6 Å². The van der Waals surface area contributed by atoms with Crippen molar-refractivity contribution in [1.29, 1.82) is 0 Å². The number of nitrogens with zero attached hydrogens (tertiary/aromatic N) is 1. The number of carbonyl (C=O) groups is 1. The third kappa shape index (κ3) is 1.86. The molecule has 0 bridgehead atoms. The Balaban J connectivity index is 2.55. The molecule has 0 saturated heterocycles. The van der Waals surface area contributed by atoms with Gasteiger partial charge >= 0.3 is 0 Å². The van der Waals surface area contributed by atoms with Crippen molar-refractivity contribution < 1.29 is 4.79 Å². The van der Waals surface area contributed by atoms with E-state index in [9.17, 15) is 4.79 Å². The normalized spacial score (nSPS) is 20.9. The van der Waals surface area contributed by atoms with Crippen LogP contribution in [0.5, 0.6) is 0 Å². The molecule has 4 nitrogen and oxygen atoms in total. The number of fused-ring (bicyclic) bond motifs is 1. The van der Waals surface area contributed by atoms with Gasteiger partial charge in [0.2, 0.25) is 5.91 Å². The van der Waals surface area contributed by atoms with Crippen molar-refractivity contribution in [3.05, 3.63) is 17.3 Å². The molecule has 5 heteroatoms. The van der Waals surface area contributed by atoms with Crippen LogP contribution in [0.25, 0.3) is 0 Å². The van der Waals surface area contributed by atoms with Crippen molar-refractivity contribution in [2.24, 2.45) is 5.41 Å². The van der Waals surface area contributed by atoms with Crippen molar-refractivity contribution in [1.82, 2.24) is 4.98 Å². The fourth-order valence-corrected chi connectivity index (χ4v) is 1.81. The van der Waals surface area contributed by atoms with Gasteiger partial charge in [-0.2, -0.15) is 0 Å². The van der Waals surface area contributed by atoms with Crippen molar-refractivity contribution >= 4 is 29.0 Å². The van der Waals surface area contributed by atoms with Crippen molar-refractivity contribution in [3.8, 4) is 0 Å². The van der Waals surface area contributed by atoms with Gasteiger partial charge in [0, 0.05) is 11.7 Å². The number of hydrogen-bond acceptors (Lipinski definition) is 3. The smallest absolute Gasteiger partial charge is 0.232 e. The molecule has 1 aromatic heterocycles. The molecule has 0 saturated carbocycles. The SMILES string of the molecule is CC1(C)Nc2ncc(Cl)cc2NC(=O)C1(C)C. The molecule has 1 aliphatic rings. The van der Waals surface area contributed by atoms with Gasteiger partial charge in [-0.25, -0.2) is 4.98 Å². The predicted octanol–water partition coefficient (Wildman–Crippen LogP) is 2.90. The third-order valence-corrected chi connectivity index (χ3v) is 3.87. The second-order valence-electron chi connectivity index (χ2n) is 5.38. The molecular formula is C12H16ClN3O. The van der Waals surface area contributed by atoms with Crippen LogP contribution >= 0.6 is 11.6 Å². The van der Waals surface area contributed by atoms with Gasteiger partial charge < -0.3 is 10.6 Å². The van der Waals surface area contributed by atoms with Crippen LogP contribution in [0.1, 0.15) is 27.7 Å². The van der Waals surface area contributed by atoms with Gasteiger partial charge in [-0.3, -0.25) is 4.79 Å². The summed E-state index contributed by atoms with van der Waals surface area (Å²) in [7, 11) is 0. The Morgan fingerprint density at radius 1 is 1.29 bits per heavy atom. The minimum absolute atomic E-state index is 0.0437. The van der Waals surface area contributed by atoms with Crippen LogP contribution in [0.3, 0.4) is 0 Å². The minimum atomic E-state index is -0.555. The largest absolute Gasteiger partial charge is 0.362 e. The maximum atomic E-state index is 12.2. The lowest BCUT2D eigenvalue weighted by molar-refractivity contribution is -0.126. The molecule has 0 aliphatic carbocycles. The number of rotatable bonds is 0. The number of amides is 1. The molecular weight excluding hydrogens is 238 g/mol. The van der Waals surface area contributed by atoms with Crippen molar-refractivity contribution in [2.45, 2.75) is 33.2 Å². The molecule has 92 valence electrons. The van der Waals surface area contributed by atoms with E-state index in [2.05, 4.69) is 15.6 Å². The Morgan fingerprint density at radius 2 is 1.94 bits per heavy atom. The highest BCUT2D eigenvalue weighted by molar-refractivity contribution is 6.31. The van der Waals surface area contributed by atoms with E-state index in [1.165, 1.54) is 0 Å². The lowest BCUT2D eigenvalue weighted by Crippen LogP contribution is -2.51. The van der Waals surface area contributed by atoms with E-state index in [1.807, 2.05) is 27.7 Å². The zero-order valence-corrected chi connectivity index (χ0v) is 11.1. The molecule has 2 rings (SSSR count). The highest BCUT2D eigenvalue weighted by Gasteiger charge is 2.45. The molecule has 1 aromatic rings. The zero-order chi connectivity index (χ0) is 12.8. The number of nitrogens with one attached hydrogen (secondary N) is 2. The summed E-state index contributed by atoms with van der Waals surface area (Å²) in [6.07, 6.45) is 1.56. The summed E-state index contributed by atoms with van der Waals surface area (Å²) in [6.45, 7) is 7.78. The van der Waals surface area contributed by atoms with E-state index < -0.39 is 11.0 Å². The second-order valence-corrected chi connectivity index (χ2v) is 5.82. The van der Waals surface area contributed by atoms with Gasteiger partial charge in [0.25, 0.3) is 0 Å². The van der Waals surface area contributed by atoms with E-state index in [0.717, 1.165) is 0 Å². The van der Waals surface area contributed by atoms with Crippen LogP contribution in [0, 0.1) is 5.41 Å². The van der Waals surface area contributed by atoms with Gasteiger partial charge in [-0.1, -0.05) is 11.6 Å². The molecule has 17 heavy (non-hydrogen) atoms. The van der Waals surface area contributed by atoms with E-state index in [1.54, 1.807) is 12.3 Å². The minimum Gasteiger partial charge on any atom is -0.362 e. The number of pyridine rings is 1. The topological polar surface area (TPSA) is 54.0 Å². The highest BCUT2D eigenvalue weighted by atomic mass is 35.5. The van der Waals surface area contributed by atoms with Crippen LogP contribution in [0.2, 0.25) is 5.02 Å². The highest BCUT2D eigenvalue weighted by Crippen LogP contribution is 2.39. The monoisotopic (exact) mass is 253 g/mol. The van der Waals surface area contributed by atoms with E-state index >= 15 is 0 Å². The first-order valence-corrected chi connectivity index (χ1v) is 5.87. The third-order valence-electron chi connectivity index (χ3n) is 3.66. The molecule has 1 amide bonds. The number of aromatic nitrogens is 1. The lowest BCUT2D eigenvalue weighted by atomic mass is 9.74. The fourth-order valence-electron chi connectivity index (χ4n) is 1.65. The van der Waals surface area contributed by atoms with Gasteiger partial charge in [0.05, 0.1) is 16.1 Å². The summed E-state index contributed by atoms with van der Waals surface area (Å²) < 4.78 is 0. The summed E-state index contributed by atoms with van der Waals surface area (Å²) in [4.78, 5) is 16.4. The molecule has 0 atom stereocenters. The number of halogens is 1. The molecule has 0 unspecified atom stereocenters. The lowest BCUT2D eigenvalue weighted by Gasteiger charge is -2.38. The molecule has 0 radical (unpaired) electrons. The quantitative estimate of drug-likeness (QED) is 0.748. The standard InChI is InChI=1S/C12H16ClN3O/c1-11(2)10(17)15-8-5-7(13)6-14-9(8)16-12(11,3)4/h5-6H,1-4H3,(H,14,16)(H,15,17). The van der Waals surface area contributed by atoms with E-state index in [4.69, 9.17) is 11.6 Å². The average molecular weight is 254 g/mol. The van der Waals surface area contributed by atoms with Crippen LogP contribution in [-0.2, 0) is 4.79 Å². The predicted molar refractivity (Wildman–Crippen MR) is 69.4 cm³/mol. The summed E-state index contributed by atoms with van der Waals surface area (Å²) >= 11 is 5.88. The summed E-state index contributed by atoms with van der Waals surface area (Å²) in [5, 5.41) is 6.66. The maximum absolute atomic E-state index is 12.2. The molecule has 2 N–H and O–H groups in total. The Kier molecular flexibility index (Phi) is 2.58. The summed E-state index contributed by atoms with van der Waals surface area (Å²) in [5.41, 5.74) is -0.329. The van der Waals surface area contributed by atoms with Crippen LogP contribution in [0.15, 0.2) is 12.3 Å². The Morgan fingerprint density at radius 3 is 2.59 bits per heavy atom. The van der Waals surface area contributed by atoms with Gasteiger partial charge in [-0.15, -0.1) is 0 Å². The van der Waals surface area contributed by atoms with E-state index in [0.29, 0.717) is 16.5 Å². The second kappa shape index (κ2) is 3.60. The van der Waals surface area contributed by atoms with Crippen LogP contribution in [-0.4, -0.2) is 16.4 Å². The first-order chi connectivity index (χ1) is 7.74. The van der Waals surface area contributed by atoms with Crippen LogP contribution in [0.4, 0.5) is 11.5 Å². The first-order valence-electron chi connectivity index (χ1n) is 5.49. The molecule has 0 fully saturated rings. The van der Waals surface area contributed by atoms with Crippen LogP contribution < -0.4 is 10.6 Å². The Hall–Kier alpha value is -1.29. The molecule has 0 spiro atoms. The number of carbonyl (C=O) groups excluding carboxylic acids is 1. The van der Waals surface area contributed by atoms with Gasteiger partial charge in [-0.05, 0) is 33.8 Å². The Bertz CT molecular complexity index is 483. The van der Waals surface area contributed by atoms with E-state index in [-0.39, 0.29) is 5.91 Å². The van der Waals surface area contributed by atoms with Gasteiger partial charge in [0.15, 0.2) is 0 Å². The number of anilines is 2. The fraction of sp³-hybridized carbons (Fsp3) is 0.500. The molecule has 2 heterocycles. The molecule has 1 aliphatic heterocycles. The number of hydrogen-bond donors (Lipinski definition) is 2. The van der Waals surface area contributed by atoms with Crippen molar-refractivity contribution in [3.63, 3.8) is 0 Å². The summed E-state index contributed by atoms with van der Waals surface area (Å²) in [6, 6.07) is 1.70. The average Bonchev–Trinajstić information content (AvgIpc) is 2.26. The zero-order valence-electron chi connectivity index (χ0n) is 10.4. The maximum Gasteiger partial charge on any atom is 0.232 e. The Labute approximate surface area is 106 Å². The van der Waals surface area contributed by atoms with Gasteiger partial charge in [0.1, 0.15) is 5.82 Å². The summed E-state index contributed by atoms with van der Waals surface area (Å²) in [5.74, 6) is 0.608.